The van der Waals surface area contributed by atoms with Gasteiger partial charge in [-0.2, -0.15) is 0 Å². The largest absolute Gasteiger partial charge is 0.506 e. The number of hydrogen-bond acceptors (Lipinski definition) is 4. The van der Waals surface area contributed by atoms with Gasteiger partial charge in [0.2, 0.25) is 0 Å². The molecule has 1 amide bonds. The summed E-state index contributed by atoms with van der Waals surface area (Å²) in [6, 6.07) is 5.24. The topological polar surface area (TPSA) is 52.9 Å². The highest BCUT2D eigenvalue weighted by molar-refractivity contribution is 8.18. The number of amides is 1. The second-order valence-corrected chi connectivity index (χ2v) is 6.81. The van der Waals surface area contributed by atoms with Gasteiger partial charge in [0.1, 0.15) is 5.75 Å². The summed E-state index contributed by atoms with van der Waals surface area (Å²) in [6.45, 7) is 2.80. The molecule has 0 spiro atoms. The van der Waals surface area contributed by atoms with Gasteiger partial charge < -0.3 is 5.11 Å². The average Bonchev–Trinajstić information content (AvgIpc) is 3.27. The molecule has 2 aliphatic rings. The summed E-state index contributed by atoms with van der Waals surface area (Å²) in [6.07, 6.45) is 4.87. The molecule has 0 aromatic heterocycles. The molecule has 1 saturated heterocycles. The van der Waals surface area contributed by atoms with Gasteiger partial charge in [-0.05, 0) is 54.8 Å². The minimum absolute atomic E-state index is 0.0200. The number of aromatic hydroxyl groups is 1. The van der Waals surface area contributed by atoms with E-state index in [4.69, 9.17) is 11.6 Å². The van der Waals surface area contributed by atoms with E-state index in [1.165, 1.54) is 17.8 Å². The number of thioether (sulfide) groups is 1. The van der Waals surface area contributed by atoms with Crippen LogP contribution in [0.25, 0.3) is 6.08 Å². The Morgan fingerprint density at radius 2 is 2.27 bits per heavy atom. The van der Waals surface area contributed by atoms with E-state index in [0.717, 1.165) is 36.5 Å². The number of aliphatic imine (C=N–C) groups is 1. The van der Waals surface area contributed by atoms with Crippen molar-refractivity contribution in [2.75, 3.05) is 6.54 Å². The van der Waals surface area contributed by atoms with Crippen LogP contribution in [0.2, 0.25) is 5.02 Å². The van der Waals surface area contributed by atoms with E-state index in [9.17, 15) is 9.90 Å². The van der Waals surface area contributed by atoms with Gasteiger partial charge in [-0.25, -0.2) is 0 Å². The van der Waals surface area contributed by atoms with Gasteiger partial charge in [-0.15, -0.1) is 0 Å². The first-order valence-corrected chi connectivity index (χ1v) is 8.55. The Morgan fingerprint density at radius 1 is 1.50 bits per heavy atom. The predicted molar refractivity (Wildman–Crippen MR) is 91.1 cm³/mol. The lowest BCUT2D eigenvalue weighted by atomic mass is 10.2. The maximum Gasteiger partial charge on any atom is 0.266 e. The number of phenols is 1. The third-order valence-electron chi connectivity index (χ3n) is 3.49. The van der Waals surface area contributed by atoms with Crippen molar-refractivity contribution in [3.63, 3.8) is 0 Å². The minimum atomic E-state index is 0.0200. The zero-order valence-electron chi connectivity index (χ0n) is 12.3. The van der Waals surface area contributed by atoms with Crippen LogP contribution in [-0.4, -0.2) is 33.7 Å². The molecular formula is C16H17ClN2O2S. The van der Waals surface area contributed by atoms with Crippen LogP contribution >= 0.6 is 23.4 Å². The normalized spacial score (nSPS) is 22.1. The molecule has 4 nitrogen and oxygen atoms in total. The van der Waals surface area contributed by atoms with Crippen molar-refractivity contribution in [3.05, 3.63) is 33.7 Å². The Morgan fingerprint density at radius 3 is 2.91 bits per heavy atom. The van der Waals surface area contributed by atoms with Crippen LogP contribution < -0.4 is 0 Å². The first-order chi connectivity index (χ1) is 10.6. The maximum absolute atomic E-state index is 12.6. The molecule has 0 radical (unpaired) electrons. The summed E-state index contributed by atoms with van der Waals surface area (Å²) in [5.74, 6) is 0.0607. The third-order valence-corrected chi connectivity index (χ3v) is 4.81. The van der Waals surface area contributed by atoms with Crippen molar-refractivity contribution in [3.8, 4) is 5.75 Å². The predicted octanol–water partition coefficient (Wildman–Crippen LogP) is 3.89. The molecule has 1 heterocycles. The molecule has 2 fully saturated rings. The highest BCUT2D eigenvalue weighted by atomic mass is 35.5. The summed E-state index contributed by atoms with van der Waals surface area (Å²) in [5.41, 5.74) is 0.797. The van der Waals surface area contributed by atoms with Crippen LogP contribution in [0.15, 0.2) is 28.1 Å². The van der Waals surface area contributed by atoms with Gasteiger partial charge in [0, 0.05) is 12.6 Å². The number of amidine groups is 1. The Kier molecular flexibility index (Phi) is 4.45. The van der Waals surface area contributed by atoms with Crippen molar-refractivity contribution >= 4 is 40.5 Å². The van der Waals surface area contributed by atoms with Crippen LogP contribution in [0.1, 0.15) is 31.7 Å². The van der Waals surface area contributed by atoms with Crippen molar-refractivity contribution in [2.45, 2.75) is 32.2 Å². The zero-order valence-corrected chi connectivity index (χ0v) is 13.8. The smallest absolute Gasteiger partial charge is 0.266 e. The summed E-state index contributed by atoms with van der Waals surface area (Å²) in [4.78, 5) is 19.6. The van der Waals surface area contributed by atoms with E-state index in [-0.39, 0.29) is 16.7 Å². The molecule has 22 heavy (non-hydrogen) atoms. The molecule has 1 N–H and O–H groups in total. The number of hydrogen-bond donors (Lipinski definition) is 1. The fourth-order valence-electron chi connectivity index (χ4n) is 2.22. The zero-order chi connectivity index (χ0) is 15.7. The second-order valence-electron chi connectivity index (χ2n) is 5.39. The molecule has 1 aromatic rings. The standard InChI is InChI=1S/C16H17ClN2O2S/c1-2-7-18-16-19(11-4-5-11)15(21)14(22-16)9-10-3-6-13(20)12(17)8-10/h3,6,8-9,11,20H,2,4-5,7H2,1H3/b14-9-,18-16?. The summed E-state index contributed by atoms with van der Waals surface area (Å²) < 4.78 is 0. The summed E-state index contributed by atoms with van der Waals surface area (Å²) in [5, 5.41) is 10.6. The van der Waals surface area contributed by atoms with E-state index in [2.05, 4.69) is 11.9 Å². The van der Waals surface area contributed by atoms with Crippen LogP contribution in [-0.2, 0) is 4.79 Å². The summed E-state index contributed by atoms with van der Waals surface area (Å²) >= 11 is 7.34. The average molecular weight is 337 g/mol. The molecule has 6 heteroatoms. The van der Waals surface area contributed by atoms with Crippen molar-refractivity contribution in [1.29, 1.82) is 0 Å². The molecule has 0 unspecified atom stereocenters. The van der Waals surface area contributed by atoms with Gasteiger partial charge in [0.15, 0.2) is 5.17 Å². The van der Waals surface area contributed by atoms with Gasteiger partial charge in [0.25, 0.3) is 5.91 Å². The number of halogens is 1. The van der Waals surface area contributed by atoms with Crippen LogP contribution in [0, 0.1) is 0 Å². The number of nitrogens with zero attached hydrogens (tertiary/aromatic N) is 2. The van der Waals surface area contributed by atoms with Gasteiger partial charge in [0.05, 0.1) is 9.93 Å². The molecule has 0 bridgehead atoms. The van der Waals surface area contributed by atoms with Crippen LogP contribution in [0.4, 0.5) is 0 Å². The highest BCUT2D eigenvalue weighted by Crippen LogP contribution is 2.40. The molecule has 0 atom stereocenters. The van der Waals surface area contributed by atoms with Crippen molar-refractivity contribution < 1.29 is 9.90 Å². The number of benzene rings is 1. The Hall–Kier alpha value is -1.46. The fourth-order valence-corrected chi connectivity index (χ4v) is 3.48. The monoisotopic (exact) mass is 336 g/mol. The van der Waals surface area contributed by atoms with Crippen molar-refractivity contribution in [2.24, 2.45) is 4.99 Å². The lowest BCUT2D eigenvalue weighted by Crippen LogP contribution is -2.31. The van der Waals surface area contributed by atoms with E-state index in [1.807, 2.05) is 11.0 Å². The fraction of sp³-hybridized carbons (Fsp3) is 0.375. The van der Waals surface area contributed by atoms with Crippen LogP contribution in [0.3, 0.4) is 0 Å². The van der Waals surface area contributed by atoms with E-state index in [1.54, 1.807) is 12.1 Å². The second kappa shape index (κ2) is 6.34. The third kappa shape index (κ3) is 3.15. The molecular weight excluding hydrogens is 320 g/mol. The van der Waals surface area contributed by atoms with Gasteiger partial charge in [-0.1, -0.05) is 24.6 Å². The molecule has 3 rings (SSSR count). The molecule has 1 aromatic carbocycles. The molecule has 1 aliphatic carbocycles. The molecule has 116 valence electrons. The molecule has 1 saturated carbocycles. The highest BCUT2D eigenvalue weighted by Gasteiger charge is 2.42. The van der Waals surface area contributed by atoms with E-state index >= 15 is 0 Å². The Balaban J connectivity index is 1.88. The minimum Gasteiger partial charge on any atom is -0.506 e. The number of rotatable bonds is 4. The Bertz CT molecular complexity index is 668. The lowest BCUT2D eigenvalue weighted by Gasteiger charge is -2.13. The van der Waals surface area contributed by atoms with Crippen molar-refractivity contribution in [1.82, 2.24) is 4.90 Å². The van der Waals surface area contributed by atoms with E-state index < -0.39 is 0 Å². The Labute approximate surface area is 138 Å². The van der Waals surface area contributed by atoms with Gasteiger partial charge in [-0.3, -0.25) is 14.7 Å². The lowest BCUT2D eigenvalue weighted by molar-refractivity contribution is -0.122. The first-order valence-electron chi connectivity index (χ1n) is 7.36. The maximum atomic E-state index is 12.6. The summed E-state index contributed by atoms with van der Waals surface area (Å²) in [7, 11) is 0. The number of carbonyl (C=O) groups excluding carboxylic acids is 1. The van der Waals surface area contributed by atoms with Gasteiger partial charge >= 0.3 is 0 Å². The molecule has 1 aliphatic heterocycles. The quantitative estimate of drug-likeness (QED) is 0.849. The number of carbonyl (C=O) groups is 1. The van der Waals surface area contributed by atoms with Crippen LogP contribution in [0.5, 0.6) is 5.75 Å². The number of phenolic OH excluding ortho intramolecular Hbond substituents is 1. The SMILES string of the molecule is CCCN=C1S/C(=C\c2ccc(O)c(Cl)c2)C(=O)N1C1CC1. The first kappa shape index (κ1) is 15.4. The van der Waals surface area contributed by atoms with E-state index in [0.29, 0.717) is 10.9 Å².